The second-order valence-corrected chi connectivity index (χ2v) is 4.68. The second kappa shape index (κ2) is 7.12. The molecule has 0 saturated heterocycles. The van der Waals surface area contributed by atoms with Gasteiger partial charge in [0.2, 0.25) is 0 Å². The molecule has 0 radical (unpaired) electrons. The molecule has 18 heavy (non-hydrogen) atoms. The Morgan fingerprint density at radius 2 is 1.50 bits per heavy atom. The Balaban J connectivity index is 1.91. The molecule has 0 spiro atoms. The Hall–Kier alpha value is -1.41. The van der Waals surface area contributed by atoms with Crippen LogP contribution in [-0.2, 0) is 6.42 Å². The highest BCUT2D eigenvalue weighted by molar-refractivity contribution is 7.80. The van der Waals surface area contributed by atoms with Gasteiger partial charge in [0.25, 0.3) is 0 Å². The van der Waals surface area contributed by atoms with Crippen LogP contribution in [0.4, 0.5) is 0 Å². The van der Waals surface area contributed by atoms with E-state index in [1.165, 1.54) is 11.1 Å². The summed E-state index contributed by atoms with van der Waals surface area (Å²) in [5.41, 5.74) is 2.64. The lowest BCUT2D eigenvalue weighted by atomic mass is 10.1. The number of ether oxygens (including phenoxy) is 1. The van der Waals surface area contributed by atoms with E-state index in [9.17, 15) is 0 Å². The summed E-state index contributed by atoms with van der Waals surface area (Å²) in [6.45, 7) is 0.738. The van der Waals surface area contributed by atoms with Crippen LogP contribution in [-0.4, -0.2) is 12.4 Å². The second-order valence-electron chi connectivity index (χ2n) is 4.23. The minimum atomic E-state index is 0.738. The zero-order valence-electron chi connectivity index (χ0n) is 10.4. The lowest BCUT2D eigenvalue weighted by molar-refractivity contribution is 0.319. The molecule has 0 aliphatic heterocycles. The van der Waals surface area contributed by atoms with Crippen molar-refractivity contribution in [3.05, 3.63) is 65.7 Å². The topological polar surface area (TPSA) is 9.23 Å². The molecule has 0 amide bonds. The fraction of sp³-hybridized carbons (Fsp3) is 0.250. The predicted molar refractivity (Wildman–Crippen MR) is 79.7 cm³/mol. The molecule has 0 aliphatic carbocycles. The number of rotatable bonds is 6. The average Bonchev–Trinajstić information content (AvgIpc) is 2.42. The lowest BCUT2D eigenvalue weighted by Crippen LogP contribution is -1.97. The van der Waals surface area contributed by atoms with Crippen LogP contribution < -0.4 is 4.74 Å². The predicted octanol–water partition coefficient (Wildman–Crippen LogP) is 3.98. The average molecular weight is 258 g/mol. The van der Waals surface area contributed by atoms with Crippen molar-refractivity contribution in [3.63, 3.8) is 0 Å². The lowest BCUT2D eigenvalue weighted by Gasteiger charge is -2.06. The molecule has 2 aromatic rings. The van der Waals surface area contributed by atoms with Gasteiger partial charge in [0.15, 0.2) is 0 Å². The smallest absolute Gasteiger partial charge is 0.119 e. The van der Waals surface area contributed by atoms with E-state index < -0.39 is 0 Å². The Labute approximate surface area is 114 Å². The van der Waals surface area contributed by atoms with Gasteiger partial charge in [-0.05, 0) is 41.9 Å². The summed E-state index contributed by atoms with van der Waals surface area (Å²) in [7, 11) is 0. The number of hydrogen-bond donors (Lipinski definition) is 1. The molecule has 2 heteroatoms. The third kappa shape index (κ3) is 4.11. The molecule has 0 atom stereocenters. The fourth-order valence-corrected chi connectivity index (χ4v) is 1.92. The Morgan fingerprint density at radius 3 is 2.17 bits per heavy atom. The standard InChI is InChI=1S/C16H18OS/c18-12-4-11-17-16-9-7-15(8-10-16)13-14-5-2-1-3-6-14/h1-3,5-10,18H,4,11-13H2. The highest BCUT2D eigenvalue weighted by atomic mass is 32.1. The van der Waals surface area contributed by atoms with E-state index in [-0.39, 0.29) is 0 Å². The van der Waals surface area contributed by atoms with Crippen LogP contribution in [0.5, 0.6) is 5.75 Å². The molecule has 0 fully saturated rings. The van der Waals surface area contributed by atoms with Crippen molar-refractivity contribution in [2.45, 2.75) is 12.8 Å². The third-order valence-electron chi connectivity index (χ3n) is 2.75. The molecule has 0 N–H and O–H groups in total. The molecule has 2 rings (SSSR count). The summed E-state index contributed by atoms with van der Waals surface area (Å²) in [4.78, 5) is 0. The molecule has 94 valence electrons. The Bertz CT molecular complexity index is 450. The van der Waals surface area contributed by atoms with Gasteiger partial charge in [-0.3, -0.25) is 0 Å². The van der Waals surface area contributed by atoms with Crippen molar-refractivity contribution >= 4 is 12.6 Å². The van der Waals surface area contributed by atoms with Crippen LogP contribution in [0.3, 0.4) is 0 Å². The summed E-state index contributed by atoms with van der Waals surface area (Å²) in [5.74, 6) is 1.81. The molecule has 2 aromatic carbocycles. The summed E-state index contributed by atoms with van der Waals surface area (Å²) in [6, 6.07) is 18.8. The molecule has 0 saturated carbocycles. The molecule has 0 aromatic heterocycles. The van der Waals surface area contributed by atoms with Gasteiger partial charge in [-0.2, -0.15) is 12.6 Å². The van der Waals surface area contributed by atoms with Crippen LogP contribution in [0.25, 0.3) is 0 Å². The maximum absolute atomic E-state index is 5.60. The van der Waals surface area contributed by atoms with E-state index in [2.05, 4.69) is 49.0 Å². The molecule has 1 nitrogen and oxygen atoms in total. The monoisotopic (exact) mass is 258 g/mol. The van der Waals surface area contributed by atoms with E-state index in [0.29, 0.717) is 0 Å². The largest absolute Gasteiger partial charge is 0.494 e. The number of thiol groups is 1. The van der Waals surface area contributed by atoms with Gasteiger partial charge < -0.3 is 4.74 Å². The normalized spacial score (nSPS) is 10.3. The van der Waals surface area contributed by atoms with Gasteiger partial charge in [-0.15, -0.1) is 0 Å². The molecule has 0 unspecified atom stereocenters. The van der Waals surface area contributed by atoms with Crippen LogP contribution in [0.15, 0.2) is 54.6 Å². The molecule has 0 bridgehead atoms. The molecular formula is C16H18OS. The van der Waals surface area contributed by atoms with Gasteiger partial charge >= 0.3 is 0 Å². The first-order chi connectivity index (χ1) is 8.88. The molecular weight excluding hydrogens is 240 g/mol. The van der Waals surface area contributed by atoms with Crippen molar-refractivity contribution in [2.24, 2.45) is 0 Å². The first kappa shape index (κ1) is 13.0. The van der Waals surface area contributed by atoms with E-state index in [1.54, 1.807) is 0 Å². The van der Waals surface area contributed by atoms with Crippen LogP contribution in [0.2, 0.25) is 0 Å². The highest BCUT2D eigenvalue weighted by Gasteiger charge is 1.97. The fourth-order valence-electron chi connectivity index (χ4n) is 1.79. The van der Waals surface area contributed by atoms with Crippen LogP contribution >= 0.6 is 12.6 Å². The summed E-state index contributed by atoms with van der Waals surface area (Å²) < 4.78 is 5.60. The SMILES string of the molecule is SCCCOc1ccc(Cc2ccccc2)cc1. The van der Waals surface area contributed by atoms with Gasteiger partial charge in [-0.25, -0.2) is 0 Å². The molecule has 0 aliphatic rings. The van der Waals surface area contributed by atoms with Crippen LogP contribution in [0, 0.1) is 0 Å². The summed E-state index contributed by atoms with van der Waals surface area (Å²) in [6.07, 6.45) is 1.95. The van der Waals surface area contributed by atoms with Gasteiger partial charge in [0.1, 0.15) is 5.75 Å². The highest BCUT2D eigenvalue weighted by Crippen LogP contribution is 2.15. The van der Waals surface area contributed by atoms with Crippen molar-refractivity contribution < 1.29 is 4.74 Å². The van der Waals surface area contributed by atoms with Crippen LogP contribution in [0.1, 0.15) is 17.5 Å². The van der Waals surface area contributed by atoms with Crippen molar-refractivity contribution in [1.82, 2.24) is 0 Å². The van der Waals surface area contributed by atoms with E-state index >= 15 is 0 Å². The first-order valence-electron chi connectivity index (χ1n) is 6.25. The zero-order valence-corrected chi connectivity index (χ0v) is 11.3. The summed E-state index contributed by atoms with van der Waals surface area (Å²) >= 11 is 4.16. The van der Waals surface area contributed by atoms with Crippen molar-refractivity contribution in [2.75, 3.05) is 12.4 Å². The number of hydrogen-bond acceptors (Lipinski definition) is 2. The minimum Gasteiger partial charge on any atom is -0.494 e. The molecule has 0 heterocycles. The summed E-state index contributed by atoms with van der Waals surface area (Å²) in [5, 5.41) is 0. The van der Waals surface area contributed by atoms with E-state index in [4.69, 9.17) is 4.74 Å². The Morgan fingerprint density at radius 1 is 0.833 bits per heavy atom. The van der Waals surface area contributed by atoms with Crippen molar-refractivity contribution in [3.8, 4) is 5.75 Å². The first-order valence-corrected chi connectivity index (χ1v) is 6.88. The number of benzene rings is 2. The minimum absolute atomic E-state index is 0.738. The maximum Gasteiger partial charge on any atom is 0.119 e. The third-order valence-corrected chi connectivity index (χ3v) is 3.06. The zero-order chi connectivity index (χ0) is 12.6. The Kier molecular flexibility index (Phi) is 5.15. The van der Waals surface area contributed by atoms with Gasteiger partial charge in [-0.1, -0.05) is 42.5 Å². The quantitative estimate of drug-likeness (QED) is 0.609. The van der Waals surface area contributed by atoms with E-state index in [0.717, 1.165) is 31.0 Å². The van der Waals surface area contributed by atoms with Crippen molar-refractivity contribution in [1.29, 1.82) is 0 Å². The van der Waals surface area contributed by atoms with E-state index in [1.807, 2.05) is 18.2 Å². The van der Waals surface area contributed by atoms with Gasteiger partial charge in [0, 0.05) is 0 Å². The van der Waals surface area contributed by atoms with Gasteiger partial charge in [0.05, 0.1) is 6.61 Å². The maximum atomic E-state index is 5.60.